The van der Waals surface area contributed by atoms with Crippen LogP contribution >= 0.6 is 0 Å². The number of allylic oxidation sites excluding steroid dienone is 6. The zero-order chi connectivity index (χ0) is 16.8. The predicted octanol–water partition coefficient (Wildman–Crippen LogP) is 6.81. The summed E-state index contributed by atoms with van der Waals surface area (Å²) in [6, 6.07) is 0. The summed E-state index contributed by atoms with van der Waals surface area (Å²) in [5.74, 6) is 1.89. The highest BCUT2D eigenvalue weighted by atomic mass is 16.5. The summed E-state index contributed by atoms with van der Waals surface area (Å²) in [6.07, 6.45) is 13.1. The van der Waals surface area contributed by atoms with Crippen LogP contribution in [0.3, 0.4) is 0 Å². The molecule has 0 aromatic rings. The molecule has 0 N–H and O–H groups in total. The average molecular weight is 305 g/mol. The second kappa shape index (κ2) is 8.60. The normalized spacial score (nSPS) is 25.3. The molecular weight excluding hydrogens is 268 g/mol. The minimum atomic E-state index is 0.413. The van der Waals surface area contributed by atoms with E-state index in [0.717, 1.165) is 18.1 Å². The van der Waals surface area contributed by atoms with Gasteiger partial charge in [-0.05, 0) is 75.9 Å². The first kappa shape index (κ1) is 19.1. The van der Waals surface area contributed by atoms with E-state index in [4.69, 9.17) is 4.74 Å². The maximum absolute atomic E-state index is 6.14. The van der Waals surface area contributed by atoms with Crippen LogP contribution < -0.4 is 0 Å². The van der Waals surface area contributed by atoms with Gasteiger partial charge in [-0.2, -0.15) is 0 Å². The molecule has 1 saturated carbocycles. The van der Waals surface area contributed by atoms with E-state index < -0.39 is 0 Å². The highest BCUT2D eigenvalue weighted by molar-refractivity contribution is 5.30. The van der Waals surface area contributed by atoms with E-state index in [9.17, 15) is 0 Å². The van der Waals surface area contributed by atoms with Crippen molar-refractivity contribution < 1.29 is 4.74 Å². The largest absolute Gasteiger partial charge is 0.495 e. The Morgan fingerprint density at radius 1 is 0.955 bits per heavy atom. The third kappa shape index (κ3) is 6.42. The molecule has 0 spiro atoms. The summed E-state index contributed by atoms with van der Waals surface area (Å²) < 4.78 is 6.14. The van der Waals surface area contributed by atoms with Crippen molar-refractivity contribution in [3.63, 3.8) is 0 Å². The third-order valence-electron chi connectivity index (χ3n) is 4.95. The second-order valence-electron chi connectivity index (χ2n) is 7.88. The fourth-order valence-corrected chi connectivity index (χ4v) is 3.19. The molecule has 1 fully saturated rings. The molecule has 0 unspecified atom stereocenters. The first-order valence-electron chi connectivity index (χ1n) is 8.93. The fourth-order valence-electron chi connectivity index (χ4n) is 3.19. The molecule has 1 nitrogen and oxygen atoms in total. The molecule has 0 heterocycles. The SMILES string of the molecule is CC/C=C(C)/C(C)=C/C=C(\C)OC1CCC(C(C)(C)C)CC1. The molecular formula is C21H36O. The highest BCUT2D eigenvalue weighted by Gasteiger charge is 2.30. The summed E-state index contributed by atoms with van der Waals surface area (Å²) in [4.78, 5) is 0. The Hall–Kier alpha value is -0.980. The van der Waals surface area contributed by atoms with Crippen molar-refractivity contribution in [1.82, 2.24) is 0 Å². The van der Waals surface area contributed by atoms with Gasteiger partial charge in [-0.25, -0.2) is 0 Å². The summed E-state index contributed by atoms with van der Waals surface area (Å²) >= 11 is 0. The van der Waals surface area contributed by atoms with Crippen LogP contribution in [0.4, 0.5) is 0 Å². The molecule has 0 radical (unpaired) electrons. The Morgan fingerprint density at radius 3 is 2.05 bits per heavy atom. The van der Waals surface area contributed by atoms with Crippen molar-refractivity contribution in [2.24, 2.45) is 11.3 Å². The molecule has 1 aliphatic carbocycles. The van der Waals surface area contributed by atoms with E-state index in [1.54, 1.807) is 0 Å². The van der Waals surface area contributed by atoms with Crippen molar-refractivity contribution >= 4 is 0 Å². The van der Waals surface area contributed by atoms with Gasteiger partial charge in [-0.3, -0.25) is 0 Å². The Labute approximate surface area is 138 Å². The van der Waals surface area contributed by atoms with Crippen LogP contribution in [-0.2, 0) is 4.74 Å². The summed E-state index contributed by atoms with van der Waals surface area (Å²) in [7, 11) is 0. The Balaban J connectivity index is 2.50. The lowest BCUT2D eigenvalue weighted by Crippen LogP contribution is -2.28. The van der Waals surface area contributed by atoms with Gasteiger partial charge in [0.25, 0.3) is 0 Å². The van der Waals surface area contributed by atoms with Crippen LogP contribution in [0.25, 0.3) is 0 Å². The molecule has 0 saturated heterocycles. The van der Waals surface area contributed by atoms with Gasteiger partial charge in [0.15, 0.2) is 0 Å². The molecule has 126 valence electrons. The molecule has 1 heteroatoms. The van der Waals surface area contributed by atoms with E-state index >= 15 is 0 Å². The van der Waals surface area contributed by atoms with Gasteiger partial charge < -0.3 is 4.74 Å². The molecule has 0 aromatic heterocycles. The maximum atomic E-state index is 6.14. The molecule has 1 rings (SSSR count). The van der Waals surface area contributed by atoms with E-state index in [1.807, 2.05) is 0 Å². The molecule has 0 amide bonds. The van der Waals surface area contributed by atoms with Crippen LogP contribution in [0, 0.1) is 11.3 Å². The molecule has 1 aliphatic rings. The number of hydrogen-bond donors (Lipinski definition) is 0. The smallest absolute Gasteiger partial charge is 0.0982 e. The Kier molecular flexibility index (Phi) is 7.45. The number of ether oxygens (including phenoxy) is 1. The van der Waals surface area contributed by atoms with Crippen LogP contribution in [0.1, 0.15) is 80.6 Å². The topological polar surface area (TPSA) is 9.23 Å². The van der Waals surface area contributed by atoms with Gasteiger partial charge in [0, 0.05) is 0 Å². The maximum Gasteiger partial charge on any atom is 0.0982 e. The first-order valence-corrected chi connectivity index (χ1v) is 8.93. The lowest BCUT2D eigenvalue weighted by atomic mass is 9.72. The zero-order valence-electron chi connectivity index (χ0n) is 15.8. The number of hydrogen-bond acceptors (Lipinski definition) is 1. The van der Waals surface area contributed by atoms with Gasteiger partial charge in [0.2, 0.25) is 0 Å². The van der Waals surface area contributed by atoms with Gasteiger partial charge in [-0.15, -0.1) is 0 Å². The zero-order valence-corrected chi connectivity index (χ0v) is 15.8. The standard InChI is InChI=1S/C21H36O/c1-8-9-16(2)17(3)10-11-18(4)22-20-14-12-19(13-15-20)21(5,6)7/h9-11,19-20H,8,12-15H2,1-7H3/b16-9+,17-10+,18-11+. The van der Waals surface area contributed by atoms with Gasteiger partial charge in [0.1, 0.15) is 0 Å². The minimum Gasteiger partial charge on any atom is -0.495 e. The molecule has 0 aromatic carbocycles. The Bertz CT molecular complexity index is 423. The summed E-state index contributed by atoms with van der Waals surface area (Å²) in [5, 5.41) is 0. The summed E-state index contributed by atoms with van der Waals surface area (Å²) in [6.45, 7) is 15.7. The fraction of sp³-hybridized carbons (Fsp3) is 0.714. The van der Waals surface area contributed by atoms with E-state index in [0.29, 0.717) is 11.5 Å². The Morgan fingerprint density at radius 2 is 1.55 bits per heavy atom. The van der Waals surface area contributed by atoms with Gasteiger partial charge in [0.05, 0.1) is 11.9 Å². The van der Waals surface area contributed by atoms with Crippen LogP contribution in [0.2, 0.25) is 0 Å². The molecule has 22 heavy (non-hydrogen) atoms. The van der Waals surface area contributed by atoms with E-state index in [1.165, 1.54) is 36.8 Å². The first-order chi connectivity index (χ1) is 10.2. The molecule has 0 atom stereocenters. The van der Waals surface area contributed by atoms with Crippen molar-refractivity contribution in [2.75, 3.05) is 0 Å². The van der Waals surface area contributed by atoms with Gasteiger partial charge in [-0.1, -0.05) is 45.4 Å². The van der Waals surface area contributed by atoms with Crippen molar-refractivity contribution in [1.29, 1.82) is 0 Å². The lowest BCUT2D eigenvalue weighted by molar-refractivity contribution is 0.0446. The minimum absolute atomic E-state index is 0.413. The average Bonchev–Trinajstić information content (AvgIpc) is 2.44. The van der Waals surface area contributed by atoms with Gasteiger partial charge >= 0.3 is 0 Å². The number of rotatable bonds is 5. The third-order valence-corrected chi connectivity index (χ3v) is 4.95. The van der Waals surface area contributed by atoms with E-state index in [2.05, 4.69) is 66.7 Å². The highest BCUT2D eigenvalue weighted by Crippen LogP contribution is 2.38. The van der Waals surface area contributed by atoms with Crippen molar-refractivity contribution in [3.05, 3.63) is 35.1 Å². The van der Waals surface area contributed by atoms with Crippen LogP contribution in [-0.4, -0.2) is 6.10 Å². The van der Waals surface area contributed by atoms with Crippen LogP contribution in [0.15, 0.2) is 35.1 Å². The predicted molar refractivity (Wildman–Crippen MR) is 97.8 cm³/mol. The second-order valence-corrected chi connectivity index (χ2v) is 7.88. The van der Waals surface area contributed by atoms with Crippen LogP contribution in [0.5, 0.6) is 0 Å². The molecule has 0 aliphatic heterocycles. The molecule has 0 bridgehead atoms. The quantitative estimate of drug-likeness (QED) is 0.400. The van der Waals surface area contributed by atoms with E-state index in [-0.39, 0.29) is 0 Å². The summed E-state index contributed by atoms with van der Waals surface area (Å²) in [5.41, 5.74) is 3.12. The van der Waals surface area contributed by atoms with Crippen molar-refractivity contribution in [2.45, 2.75) is 86.7 Å². The monoisotopic (exact) mass is 304 g/mol. The lowest BCUT2D eigenvalue weighted by Gasteiger charge is -2.37. The van der Waals surface area contributed by atoms with Crippen molar-refractivity contribution in [3.8, 4) is 0 Å².